The van der Waals surface area contributed by atoms with Crippen LogP contribution in [0.3, 0.4) is 0 Å². The van der Waals surface area contributed by atoms with Crippen molar-refractivity contribution in [2.24, 2.45) is 0 Å². The number of rotatable bonds is 1. The number of nitrogens with one attached hydrogen (secondary N) is 1. The van der Waals surface area contributed by atoms with E-state index in [1.165, 1.54) is 12.8 Å². The summed E-state index contributed by atoms with van der Waals surface area (Å²) in [6.07, 6.45) is 2.74. The zero-order valence-corrected chi connectivity index (χ0v) is 6.60. The zero-order chi connectivity index (χ0) is 5.28. The second kappa shape index (κ2) is 2.31. The first-order valence-electron chi connectivity index (χ1n) is 2.64. The molecule has 0 aliphatic heterocycles. The Bertz CT molecular complexity index is 59.1. The Kier molecular flexibility index (Phi) is 1.92. The van der Waals surface area contributed by atoms with Crippen molar-refractivity contribution in [1.82, 2.24) is 5.32 Å². The highest BCUT2D eigenvalue weighted by Crippen LogP contribution is 2.26. The van der Waals surface area contributed by atoms with Gasteiger partial charge in [-0.3, -0.25) is 0 Å². The number of hydrogen-bond donors (Lipinski definition) is 1. The van der Waals surface area contributed by atoms with Gasteiger partial charge in [-0.15, -0.1) is 0 Å². The molecule has 1 aliphatic carbocycles. The van der Waals surface area contributed by atoms with Gasteiger partial charge in [-0.2, -0.15) is 0 Å². The summed E-state index contributed by atoms with van der Waals surface area (Å²) < 4.78 is 0.954. The molecule has 0 radical (unpaired) electrons. The van der Waals surface area contributed by atoms with E-state index < -0.39 is 0 Å². The van der Waals surface area contributed by atoms with E-state index >= 15 is 0 Å². The van der Waals surface area contributed by atoms with Crippen LogP contribution >= 0.6 is 22.6 Å². The van der Waals surface area contributed by atoms with E-state index in [-0.39, 0.29) is 0 Å². The first kappa shape index (κ1) is 5.82. The topological polar surface area (TPSA) is 12.0 Å². The van der Waals surface area contributed by atoms with Crippen LogP contribution in [0.1, 0.15) is 12.8 Å². The minimum atomic E-state index is 0.835. The van der Waals surface area contributed by atoms with Crippen molar-refractivity contribution in [3.63, 3.8) is 0 Å². The largest absolute Gasteiger partial charge is 0.317 e. The van der Waals surface area contributed by atoms with Gasteiger partial charge in [-0.25, -0.2) is 0 Å². The van der Waals surface area contributed by atoms with E-state index in [9.17, 15) is 0 Å². The molecule has 42 valence electrons. The third-order valence-corrected chi connectivity index (χ3v) is 2.51. The lowest BCUT2D eigenvalue weighted by Crippen LogP contribution is -2.39. The zero-order valence-electron chi connectivity index (χ0n) is 4.45. The summed E-state index contributed by atoms with van der Waals surface area (Å²) in [6, 6.07) is 0.835. The lowest BCUT2D eigenvalue weighted by Gasteiger charge is -2.30. The maximum absolute atomic E-state index is 3.23. The fourth-order valence-corrected chi connectivity index (χ4v) is 2.01. The minimum absolute atomic E-state index is 0.835. The summed E-state index contributed by atoms with van der Waals surface area (Å²) >= 11 is 2.49. The van der Waals surface area contributed by atoms with Crippen LogP contribution in [0.5, 0.6) is 0 Å². The fourth-order valence-electron chi connectivity index (χ4n) is 0.784. The van der Waals surface area contributed by atoms with Crippen LogP contribution in [-0.4, -0.2) is 17.0 Å². The van der Waals surface area contributed by atoms with Crippen molar-refractivity contribution in [3.05, 3.63) is 0 Å². The summed E-state index contributed by atoms with van der Waals surface area (Å²) in [6.45, 7) is 0. The van der Waals surface area contributed by atoms with Gasteiger partial charge in [-0.05, 0) is 19.9 Å². The smallest absolute Gasteiger partial charge is 0.0139 e. The highest BCUT2D eigenvalue weighted by atomic mass is 127. The average molecular weight is 211 g/mol. The molecule has 1 fully saturated rings. The van der Waals surface area contributed by atoms with E-state index in [0.717, 1.165) is 9.97 Å². The van der Waals surface area contributed by atoms with Gasteiger partial charge < -0.3 is 5.32 Å². The Labute approximate surface area is 58.0 Å². The molecule has 0 spiro atoms. The van der Waals surface area contributed by atoms with Crippen LogP contribution < -0.4 is 5.32 Å². The van der Waals surface area contributed by atoms with Crippen LogP contribution in [0.15, 0.2) is 0 Å². The van der Waals surface area contributed by atoms with Gasteiger partial charge in [0.2, 0.25) is 0 Å². The molecule has 2 heteroatoms. The SMILES string of the molecule is CNC1CC(I)C1. The first-order chi connectivity index (χ1) is 3.33. The Morgan fingerprint density at radius 1 is 1.57 bits per heavy atom. The third kappa shape index (κ3) is 1.29. The molecule has 1 rings (SSSR count). The van der Waals surface area contributed by atoms with Crippen molar-refractivity contribution in [2.45, 2.75) is 22.8 Å². The Hall–Kier alpha value is 0.690. The Morgan fingerprint density at radius 3 is 2.29 bits per heavy atom. The maximum atomic E-state index is 3.23. The average Bonchev–Trinajstić information content (AvgIpc) is 1.58. The van der Waals surface area contributed by atoms with Crippen molar-refractivity contribution >= 4 is 22.6 Å². The van der Waals surface area contributed by atoms with E-state index in [1.54, 1.807) is 0 Å². The summed E-state index contributed by atoms with van der Waals surface area (Å²) in [5.41, 5.74) is 0. The van der Waals surface area contributed by atoms with E-state index in [2.05, 4.69) is 27.9 Å². The van der Waals surface area contributed by atoms with Crippen molar-refractivity contribution in [3.8, 4) is 0 Å². The molecule has 7 heavy (non-hydrogen) atoms. The number of alkyl halides is 1. The van der Waals surface area contributed by atoms with Crippen molar-refractivity contribution in [2.75, 3.05) is 7.05 Å². The van der Waals surface area contributed by atoms with Crippen LogP contribution in [-0.2, 0) is 0 Å². The predicted octanol–water partition coefficient (Wildman–Crippen LogP) is 1.17. The molecular weight excluding hydrogens is 201 g/mol. The van der Waals surface area contributed by atoms with Crippen molar-refractivity contribution in [1.29, 1.82) is 0 Å². The Balaban J connectivity index is 2.06. The number of hydrogen-bond acceptors (Lipinski definition) is 1. The summed E-state index contributed by atoms with van der Waals surface area (Å²) in [5.74, 6) is 0. The second-order valence-electron chi connectivity index (χ2n) is 2.05. The summed E-state index contributed by atoms with van der Waals surface area (Å²) in [4.78, 5) is 0. The van der Waals surface area contributed by atoms with Gasteiger partial charge in [0, 0.05) is 9.97 Å². The highest BCUT2D eigenvalue weighted by Gasteiger charge is 2.24. The molecule has 0 saturated heterocycles. The second-order valence-corrected chi connectivity index (χ2v) is 3.82. The maximum Gasteiger partial charge on any atom is 0.0139 e. The molecule has 0 aromatic carbocycles. The van der Waals surface area contributed by atoms with Crippen LogP contribution in [0, 0.1) is 0 Å². The van der Waals surface area contributed by atoms with E-state index in [1.807, 2.05) is 7.05 Å². The lowest BCUT2D eigenvalue weighted by molar-refractivity contribution is 0.386. The predicted molar refractivity (Wildman–Crippen MR) is 39.9 cm³/mol. The van der Waals surface area contributed by atoms with Gasteiger partial charge >= 0.3 is 0 Å². The highest BCUT2D eigenvalue weighted by molar-refractivity contribution is 14.1. The Morgan fingerprint density at radius 2 is 2.14 bits per heavy atom. The van der Waals surface area contributed by atoms with Crippen LogP contribution in [0.25, 0.3) is 0 Å². The van der Waals surface area contributed by atoms with Gasteiger partial charge in [0.25, 0.3) is 0 Å². The molecule has 0 atom stereocenters. The molecule has 1 nitrogen and oxygen atoms in total. The van der Waals surface area contributed by atoms with Crippen molar-refractivity contribution < 1.29 is 0 Å². The molecule has 0 unspecified atom stereocenters. The molecule has 1 aliphatic rings. The summed E-state index contributed by atoms with van der Waals surface area (Å²) in [7, 11) is 2.03. The van der Waals surface area contributed by atoms with E-state index in [4.69, 9.17) is 0 Å². The molecule has 0 amide bonds. The molecule has 0 bridgehead atoms. The fraction of sp³-hybridized carbons (Fsp3) is 1.00. The van der Waals surface area contributed by atoms with Gasteiger partial charge in [0.1, 0.15) is 0 Å². The van der Waals surface area contributed by atoms with Crippen LogP contribution in [0.4, 0.5) is 0 Å². The normalized spacial score (nSPS) is 40.3. The van der Waals surface area contributed by atoms with Crippen LogP contribution in [0.2, 0.25) is 0 Å². The third-order valence-electron chi connectivity index (χ3n) is 1.49. The monoisotopic (exact) mass is 211 g/mol. The molecule has 0 aromatic rings. The molecule has 0 aromatic heterocycles. The van der Waals surface area contributed by atoms with Gasteiger partial charge in [-0.1, -0.05) is 22.6 Å². The van der Waals surface area contributed by atoms with E-state index in [0.29, 0.717) is 0 Å². The lowest BCUT2D eigenvalue weighted by atomic mass is 9.93. The molecule has 1 saturated carbocycles. The van der Waals surface area contributed by atoms with Gasteiger partial charge in [0.15, 0.2) is 0 Å². The minimum Gasteiger partial charge on any atom is -0.317 e. The van der Waals surface area contributed by atoms with Gasteiger partial charge in [0.05, 0.1) is 0 Å². The molecule has 1 N–H and O–H groups in total. The molecule has 0 heterocycles. The number of halogens is 1. The standard InChI is InChI=1S/C5H10IN/c1-7-5-2-4(6)3-5/h4-5,7H,2-3H2,1H3. The summed E-state index contributed by atoms with van der Waals surface area (Å²) in [5, 5.41) is 3.23. The molecular formula is C5H10IN. The quantitative estimate of drug-likeness (QED) is 0.507. The first-order valence-corrected chi connectivity index (χ1v) is 3.89.